The van der Waals surface area contributed by atoms with Gasteiger partial charge >= 0.3 is 6.09 Å². The monoisotopic (exact) mass is 546 g/mol. The molecule has 1 fully saturated rings. The predicted molar refractivity (Wildman–Crippen MR) is 148 cm³/mol. The third-order valence-electron chi connectivity index (χ3n) is 7.42. The fraction of sp³-hybridized carbons (Fsp3) is 0.379. The number of nitriles is 1. The minimum Gasteiger partial charge on any atom is -0.428 e. The predicted octanol–water partition coefficient (Wildman–Crippen LogP) is 4.38. The molecule has 3 aromatic rings. The van der Waals surface area contributed by atoms with Gasteiger partial charge in [0.1, 0.15) is 11.7 Å². The van der Waals surface area contributed by atoms with E-state index in [-0.39, 0.29) is 6.04 Å². The Bertz CT molecular complexity index is 1480. The van der Waals surface area contributed by atoms with Crippen LogP contribution in [0, 0.1) is 11.3 Å². The summed E-state index contributed by atoms with van der Waals surface area (Å²) >= 11 is 6.53. The minimum absolute atomic E-state index is 0.238. The first kappa shape index (κ1) is 26.9. The zero-order chi connectivity index (χ0) is 27.9. The number of aryl methyl sites for hydroxylation is 1. The SMILES string of the molecule is Cn1cncc1[C@](C)(O)C1=Cc2cccnc2[C@@H](N2CCN(C(=O)OC(C)(C)C#N)CC2)c2ccc(Cl)cc21. The third kappa shape index (κ3) is 5.03. The van der Waals surface area contributed by atoms with Gasteiger partial charge in [0.05, 0.1) is 30.0 Å². The number of hydrogen-bond donors (Lipinski definition) is 1. The molecule has 9 nitrogen and oxygen atoms in total. The molecule has 0 unspecified atom stereocenters. The largest absolute Gasteiger partial charge is 0.428 e. The summed E-state index contributed by atoms with van der Waals surface area (Å²) in [4.78, 5) is 25.7. The molecule has 2 aliphatic rings. The van der Waals surface area contributed by atoms with Crippen molar-refractivity contribution in [1.82, 2.24) is 24.3 Å². The second-order valence-corrected chi connectivity index (χ2v) is 11.1. The van der Waals surface area contributed by atoms with Crippen LogP contribution in [-0.4, -0.2) is 67.3 Å². The summed E-state index contributed by atoms with van der Waals surface area (Å²) in [6.07, 6.45) is 6.60. The van der Waals surface area contributed by atoms with Gasteiger partial charge < -0.3 is 19.3 Å². The van der Waals surface area contributed by atoms with Crippen LogP contribution in [0.1, 0.15) is 54.9 Å². The fourth-order valence-electron chi connectivity index (χ4n) is 5.37. The lowest BCUT2D eigenvalue weighted by Crippen LogP contribution is -2.51. The Balaban J connectivity index is 1.55. The first-order valence-corrected chi connectivity index (χ1v) is 13.2. The van der Waals surface area contributed by atoms with Crippen molar-refractivity contribution in [2.75, 3.05) is 26.2 Å². The number of nitrogens with zero attached hydrogens (tertiary/aromatic N) is 6. The molecule has 1 N–H and O–H groups in total. The normalized spacial score (nSPS) is 19.2. The molecule has 0 bridgehead atoms. The van der Waals surface area contributed by atoms with Gasteiger partial charge in [-0.05, 0) is 67.3 Å². The zero-order valence-corrected chi connectivity index (χ0v) is 23.2. The fourth-order valence-corrected chi connectivity index (χ4v) is 5.54. The van der Waals surface area contributed by atoms with E-state index in [2.05, 4.69) is 9.88 Å². The second-order valence-electron chi connectivity index (χ2n) is 10.6. The lowest BCUT2D eigenvalue weighted by atomic mass is 9.84. The number of halogens is 1. The third-order valence-corrected chi connectivity index (χ3v) is 7.65. The Labute approximate surface area is 232 Å². The number of pyridine rings is 1. The summed E-state index contributed by atoms with van der Waals surface area (Å²) in [6.45, 7) is 6.93. The molecule has 1 aromatic carbocycles. The molecule has 1 amide bonds. The number of piperazine rings is 1. The molecule has 2 atom stereocenters. The van der Waals surface area contributed by atoms with Gasteiger partial charge in [0, 0.05) is 44.4 Å². The number of rotatable bonds is 4. The van der Waals surface area contributed by atoms with Crippen molar-refractivity contribution in [2.45, 2.75) is 38.0 Å². The highest BCUT2D eigenvalue weighted by molar-refractivity contribution is 6.30. The van der Waals surface area contributed by atoms with Crippen molar-refractivity contribution < 1.29 is 14.6 Å². The van der Waals surface area contributed by atoms with Gasteiger partial charge in [0.15, 0.2) is 5.60 Å². The van der Waals surface area contributed by atoms with E-state index in [9.17, 15) is 15.2 Å². The summed E-state index contributed by atoms with van der Waals surface area (Å²) in [5.74, 6) is 0. The van der Waals surface area contributed by atoms with Crippen LogP contribution in [0.3, 0.4) is 0 Å². The van der Waals surface area contributed by atoms with Crippen LogP contribution < -0.4 is 0 Å². The Morgan fingerprint density at radius 3 is 2.62 bits per heavy atom. The Kier molecular flexibility index (Phi) is 6.97. The summed E-state index contributed by atoms with van der Waals surface area (Å²) < 4.78 is 7.20. The van der Waals surface area contributed by atoms with Crippen LogP contribution in [0.2, 0.25) is 5.02 Å². The van der Waals surface area contributed by atoms with Gasteiger partial charge in [-0.1, -0.05) is 23.7 Å². The summed E-state index contributed by atoms with van der Waals surface area (Å²) in [5.41, 5.74) is 2.33. The zero-order valence-electron chi connectivity index (χ0n) is 22.4. The molecule has 5 rings (SSSR count). The second kappa shape index (κ2) is 10.1. The number of aliphatic hydroxyl groups is 1. The highest BCUT2D eigenvalue weighted by Crippen LogP contribution is 2.46. The van der Waals surface area contributed by atoms with E-state index in [1.54, 1.807) is 44.4 Å². The first-order chi connectivity index (χ1) is 18.5. The number of benzene rings is 1. The quantitative estimate of drug-likeness (QED) is 0.517. The molecule has 2 aromatic heterocycles. The van der Waals surface area contributed by atoms with Gasteiger partial charge in [-0.15, -0.1) is 0 Å². The summed E-state index contributed by atoms with van der Waals surface area (Å²) in [5, 5.41) is 21.8. The number of fused-ring (bicyclic) bond motifs is 2. The first-order valence-electron chi connectivity index (χ1n) is 12.8. The standard InChI is InChI=1S/C29H31ClN6O3/c1-28(2,17-31)39-27(37)36-12-10-35(11-13-36)26-21-8-7-20(30)15-22(21)23(14-19-6-5-9-33-25(19)26)29(3,38)24-16-32-18-34(24)4/h5-9,14-16,18,26,38H,10-13H2,1-4H3/t26-,29+/m0/s1. The van der Waals surface area contributed by atoms with E-state index < -0.39 is 17.3 Å². The van der Waals surface area contributed by atoms with Crippen LogP contribution in [0.25, 0.3) is 11.6 Å². The molecule has 0 saturated carbocycles. The van der Waals surface area contributed by atoms with Gasteiger partial charge in [-0.3, -0.25) is 9.88 Å². The van der Waals surface area contributed by atoms with E-state index in [1.165, 1.54) is 0 Å². The maximum absolute atomic E-state index is 12.7. The number of ether oxygens (including phenoxy) is 1. The maximum Gasteiger partial charge on any atom is 0.411 e. The Morgan fingerprint density at radius 2 is 1.95 bits per heavy atom. The Hall–Kier alpha value is -3.71. The molecule has 1 saturated heterocycles. The van der Waals surface area contributed by atoms with Gasteiger partial charge in [0.2, 0.25) is 0 Å². The van der Waals surface area contributed by atoms with Crippen LogP contribution in [0.4, 0.5) is 4.79 Å². The lowest BCUT2D eigenvalue weighted by Gasteiger charge is -2.40. The van der Waals surface area contributed by atoms with Crippen LogP contribution in [0.15, 0.2) is 49.1 Å². The van der Waals surface area contributed by atoms with Gasteiger partial charge in [0.25, 0.3) is 0 Å². The molecule has 1 aliphatic carbocycles. The van der Waals surface area contributed by atoms with E-state index >= 15 is 0 Å². The van der Waals surface area contributed by atoms with Crippen molar-refractivity contribution in [1.29, 1.82) is 5.26 Å². The molecular weight excluding hydrogens is 516 g/mol. The number of hydrogen-bond acceptors (Lipinski definition) is 7. The molecule has 1 aliphatic heterocycles. The highest BCUT2D eigenvalue weighted by Gasteiger charge is 2.39. The van der Waals surface area contributed by atoms with E-state index in [0.717, 1.165) is 22.4 Å². The van der Waals surface area contributed by atoms with Crippen molar-refractivity contribution in [2.24, 2.45) is 7.05 Å². The van der Waals surface area contributed by atoms with Crippen molar-refractivity contribution >= 4 is 29.3 Å². The average molecular weight is 547 g/mol. The van der Waals surface area contributed by atoms with Crippen LogP contribution >= 0.6 is 11.6 Å². The molecule has 202 valence electrons. The number of imidazole rings is 1. The number of amides is 1. The summed E-state index contributed by atoms with van der Waals surface area (Å²) in [6, 6.07) is 11.4. The summed E-state index contributed by atoms with van der Waals surface area (Å²) in [7, 11) is 1.85. The topological polar surface area (TPSA) is 108 Å². The smallest absolute Gasteiger partial charge is 0.411 e. The van der Waals surface area contributed by atoms with Crippen molar-refractivity contribution in [3.05, 3.63) is 82.2 Å². The number of carbonyl (C=O) groups excluding carboxylic acids is 1. The highest BCUT2D eigenvalue weighted by atomic mass is 35.5. The van der Waals surface area contributed by atoms with Gasteiger partial charge in [-0.25, -0.2) is 9.78 Å². The Morgan fingerprint density at radius 1 is 1.21 bits per heavy atom. The molecule has 0 radical (unpaired) electrons. The van der Waals surface area contributed by atoms with Gasteiger partial charge in [-0.2, -0.15) is 5.26 Å². The average Bonchev–Trinajstić information content (AvgIpc) is 3.29. The van der Waals surface area contributed by atoms with E-state index in [1.807, 2.05) is 54.1 Å². The van der Waals surface area contributed by atoms with E-state index in [0.29, 0.717) is 42.5 Å². The lowest BCUT2D eigenvalue weighted by molar-refractivity contribution is 0.0278. The maximum atomic E-state index is 12.7. The van der Waals surface area contributed by atoms with Crippen molar-refractivity contribution in [3.8, 4) is 6.07 Å². The molecule has 3 heterocycles. The molecule has 39 heavy (non-hydrogen) atoms. The molecule has 0 spiro atoms. The van der Waals surface area contributed by atoms with E-state index in [4.69, 9.17) is 21.3 Å². The van der Waals surface area contributed by atoms with Crippen LogP contribution in [0.5, 0.6) is 0 Å². The molecule has 10 heteroatoms. The number of aromatic nitrogens is 3. The van der Waals surface area contributed by atoms with Crippen molar-refractivity contribution in [3.63, 3.8) is 0 Å². The number of carbonyl (C=O) groups is 1. The molecular formula is C29H31ClN6O3. The minimum atomic E-state index is -1.37. The van der Waals surface area contributed by atoms with Crippen LogP contribution in [-0.2, 0) is 17.4 Å².